The third-order valence-electron chi connectivity index (χ3n) is 4.40. The quantitative estimate of drug-likeness (QED) is 0.597. The van der Waals surface area contributed by atoms with E-state index in [1.807, 2.05) is 24.3 Å². The molecule has 0 N–H and O–H groups in total. The van der Waals surface area contributed by atoms with Crippen LogP contribution in [0.15, 0.2) is 48.5 Å². The summed E-state index contributed by atoms with van der Waals surface area (Å²) in [5.74, 6) is -0.0214. The third-order valence-corrected chi connectivity index (χ3v) is 4.40. The predicted molar refractivity (Wildman–Crippen MR) is 85.1 cm³/mol. The summed E-state index contributed by atoms with van der Waals surface area (Å²) in [6.07, 6.45) is 3.44. The highest BCUT2D eigenvalue weighted by Crippen LogP contribution is 2.33. The number of benzene rings is 2. The van der Waals surface area contributed by atoms with Gasteiger partial charge in [-0.15, -0.1) is 0 Å². The lowest BCUT2D eigenvalue weighted by Gasteiger charge is -2.10. The summed E-state index contributed by atoms with van der Waals surface area (Å²) in [5, 5.41) is 1.01. The smallest absolute Gasteiger partial charge is 0.165 e. The molecule has 0 aliphatic heterocycles. The molecule has 4 rings (SSSR count). The Morgan fingerprint density at radius 3 is 2.45 bits per heavy atom. The van der Waals surface area contributed by atoms with Crippen molar-refractivity contribution in [2.75, 3.05) is 0 Å². The first-order valence-corrected chi connectivity index (χ1v) is 7.67. The Kier molecular flexibility index (Phi) is 3.07. The maximum Gasteiger partial charge on any atom is 0.165 e. The average Bonchev–Trinajstić information content (AvgIpc) is 2.74. The highest BCUT2D eigenvalue weighted by atomic mass is 19.1. The molecule has 0 saturated carbocycles. The number of fused-ring (bicyclic) bond motifs is 3. The van der Waals surface area contributed by atoms with Gasteiger partial charge in [-0.1, -0.05) is 18.2 Å². The fourth-order valence-electron chi connectivity index (χ4n) is 3.43. The lowest BCUT2D eigenvalue weighted by atomic mass is 10.1. The van der Waals surface area contributed by atoms with Gasteiger partial charge in [-0.3, -0.25) is 4.79 Å². The van der Waals surface area contributed by atoms with Crippen LogP contribution in [0.5, 0.6) is 0 Å². The number of rotatable bonds is 1. The molecule has 22 heavy (non-hydrogen) atoms. The van der Waals surface area contributed by atoms with Gasteiger partial charge in [-0.05, 0) is 49.6 Å². The normalized spacial score (nSPS) is 14.9. The largest absolute Gasteiger partial charge is 0.313 e. The Morgan fingerprint density at radius 1 is 0.909 bits per heavy atom. The minimum atomic E-state index is -0.248. The lowest BCUT2D eigenvalue weighted by Crippen LogP contribution is -2.03. The zero-order valence-corrected chi connectivity index (χ0v) is 12.2. The minimum absolute atomic E-state index is 0.226. The molecule has 0 bridgehead atoms. The number of aromatic nitrogens is 1. The van der Waals surface area contributed by atoms with Crippen LogP contribution in [0.25, 0.3) is 16.6 Å². The van der Waals surface area contributed by atoms with E-state index in [4.69, 9.17) is 0 Å². The highest BCUT2D eigenvalue weighted by molar-refractivity contribution is 6.10. The molecular formula is C19H16FNO. The van der Waals surface area contributed by atoms with Gasteiger partial charge < -0.3 is 4.57 Å². The Morgan fingerprint density at radius 2 is 1.64 bits per heavy atom. The fraction of sp³-hybridized carbons (Fsp3) is 0.211. The first-order chi connectivity index (χ1) is 10.8. The molecule has 0 radical (unpaired) electrons. The van der Waals surface area contributed by atoms with Gasteiger partial charge in [0.15, 0.2) is 5.78 Å². The number of carbonyl (C=O) groups excluding carboxylic acids is 1. The molecule has 2 aromatic carbocycles. The zero-order chi connectivity index (χ0) is 15.1. The Balaban J connectivity index is 2.07. The number of halogens is 1. The summed E-state index contributed by atoms with van der Waals surface area (Å²) < 4.78 is 15.4. The first kappa shape index (κ1) is 13.3. The van der Waals surface area contributed by atoms with Gasteiger partial charge in [0.25, 0.3) is 0 Å². The maximum absolute atomic E-state index is 13.2. The van der Waals surface area contributed by atoms with Gasteiger partial charge in [-0.25, -0.2) is 4.39 Å². The number of hydrogen-bond donors (Lipinski definition) is 0. The van der Waals surface area contributed by atoms with Gasteiger partial charge in [0, 0.05) is 28.8 Å². The van der Waals surface area contributed by atoms with Crippen molar-refractivity contribution in [2.24, 2.45) is 0 Å². The van der Waals surface area contributed by atoms with Crippen molar-refractivity contribution < 1.29 is 9.18 Å². The summed E-state index contributed by atoms with van der Waals surface area (Å²) in [6.45, 7) is 0. The standard InChI is InChI=1S/C19H16FNO/c20-13-9-11-14(12-10-13)21-16-6-2-1-5-15(16)19-17(21)7-3-4-8-18(19)22/h1-2,5-6,9-12H,3-4,7-8H2. The fourth-order valence-corrected chi connectivity index (χ4v) is 3.43. The molecule has 1 aliphatic rings. The molecule has 0 saturated heterocycles. The molecule has 1 aromatic heterocycles. The van der Waals surface area contributed by atoms with Gasteiger partial charge >= 0.3 is 0 Å². The SMILES string of the molecule is O=C1CCCCc2c1c1ccccc1n2-c1ccc(F)cc1. The van der Waals surface area contributed by atoms with E-state index in [1.54, 1.807) is 12.1 Å². The predicted octanol–water partition coefficient (Wildman–Crippen LogP) is 4.68. The van der Waals surface area contributed by atoms with Crippen molar-refractivity contribution in [3.05, 3.63) is 65.6 Å². The number of nitrogens with zero attached hydrogens (tertiary/aromatic N) is 1. The molecule has 0 unspecified atom stereocenters. The summed E-state index contributed by atoms with van der Waals surface area (Å²) in [6, 6.07) is 14.5. The molecule has 3 heteroatoms. The van der Waals surface area contributed by atoms with Crippen LogP contribution in [-0.4, -0.2) is 10.4 Å². The molecule has 2 nitrogen and oxygen atoms in total. The second-order valence-electron chi connectivity index (χ2n) is 5.78. The van der Waals surface area contributed by atoms with E-state index in [2.05, 4.69) is 4.57 Å². The van der Waals surface area contributed by atoms with E-state index in [0.717, 1.165) is 47.1 Å². The molecule has 110 valence electrons. The van der Waals surface area contributed by atoms with Crippen molar-refractivity contribution in [3.8, 4) is 5.69 Å². The van der Waals surface area contributed by atoms with Crippen LogP contribution in [0.4, 0.5) is 4.39 Å². The molecule has 0 fully saturated rings. The van der Waals surface area contributed by atoms with Gasteiger partial charge in [0.1, 0.15) is 5.82 Å². The van der Waals surface area contributed by atoms with Crippen LogP contribution in [-0.2, 0) is 6.42 Å². The molecule has 3 aromatic rings. The van der Waals surface area contributed by atoms with Gasteiger partial charge in [0.05, 0.1) is 5.52 Å². The number of carbonyl (C=O) groups is 1. The minimum Gasteiger partial charge on any atom is -0.313 e. The molecule has 1 aliphatic carbocycles. The molecule has 0 atom stereocenters. The van der Waals surface area contributed by atoms with Gasteiger partial charge in [-0.2, -0.15) is 0 Å². The highest BCUT2D eigenvalue weighted by Gasteiger charge is 2.24. The monoisotopic (exact) mass is 293 g/mol. The van der Waals surface area contributed by atoms with Crippen LogP contribution >= 0.6 is 0 Å². The van der Waals surface area contributed by atoms with Gasteiger partial charge in [0.2, 0.25) is 0 Å². The molecule has 1 heterocycles. The Bertz CT molecular complexity index is 861. The average molecular weight is 293 g/mol. The molecule has 0 spiro atoms. The van der Waals surface area contributed by atoms with Crippen molar-refractivity contribution in [3.63, 3.8) is 0 Å². The summed E-state index contributed by atoms with van der Waals surface area (Å²) in [4.78, 5) is 12.5. The molecular weight excluding hydrogens is 277 g/mol. The number of Topliss-reactive ketones (excluding diaryl/α,β-unsaturated/α-hetero) is 1. The van der Waals surface area contributed by atoms with E-state index in [-0.39, 0.29) is 11.6 Å². The lowest BCUT2D eigenvalue weighted by molar-refractivity contribution is 0.0983. The van der Waals surface area contributed by atoms with Crippen LogP contribution < -0.4 is 0 Å². The summed E-state index contributed by atoms with van der Waals surface area (Å²) in [7, 11) is 0. The Labute approximate surface area is 128 Å². The summed E-state index contributed by atoms with van der Waals surface area (Å²) in [5.41, 5.74) is 3.86. The number of ketones is 1. The zero-order valence-electron chi connectivity index (χ0n) is 12.2. The van der Waals surface area contributed by atoms with Crippen molar-refractivity contribution >= 4 is 16.7 Å². The van der Waals surface area contributed by atoms with Crippen LogP contribution in [0, 0.1) is 5.82 Å². The summed E-state index contributed by atoms with van der Waals surface area (Å²) >= 11 is 0. The second kappa shape index (κ2) is 5.09. The van der Waals surface area contributed by atoms with Crippen molar-refractivity contribution in [1.82, 2.24) is 4.57 Å². The number of hydrogen-bond acceptors (Lipinski definition) is 1. The van der Waals surface area contributed by atoms with E-state index in [9.17, 15) is 9.18 Å². The van der Waals surface area contributed by atoms with E-state index in [0.29, 0.717) is 6.42 Å². The van der Waals surface area contributed by atoms with Crippen LogP contribution in [0.1, 0.15) is 35.3 Å². The second-order valence-corrected chi connectivity index (χ2v) is 5.78. The van der Waals surface area contributed by atoms with E-state index in [1.165, 1.54) is 12.1 Å². The maximum atomic E-state index is 13.2. The van der Waals surface area contributed by atoms with Crippen molar-refractivity contribution in [1.29, 1.82) is 0 Å². The van der Waals surface area contributed by atoms with Crippen LogP contribution in [0.3, 0.4) is 0 Å². The topological polar surface area (TPSA) is 22.0 Å². The number of para-hydroxylation sites is 1. The third kappa shape index (κ3) is 1.97. The molecule has 0 amide bonds. The van der Waals surface area contributed by atoms with E-state index < -0.39 is 0 Å². The first-order valence-electron chi connectivity index (χ1n) is 7.67. The Hall–Kier alpha value is -2.42. The van der Waals surface area contributed by atoms with Crippen molar-refractivity contribution in [2.45, 2.75) is 25.7 Å². The van der Waals surface area contributed by atoms with E-state index >= 15 is 0 Å². The van der Waals surface area contributed by atoms with Crippen LogP contribution in [0.2, 0.25) is 0 Å².